The highest BCUT2D eigenvalue weighted by atomic mass is 16.6. The van der Waals surface area contributed by atoms with E-state index in [9.17, 15) is 14.4 Å². The molecule has 5 aliphatic rings. The first-order chi connectivity index (χ1) is 30.7. The number of likely N-dealkylation sites (N-methyl/N-ethyl adjacent to an activating group) is 1. The molecule has 5 saturated heterocycles. The number of carbonyl (C=O) groups is 3. The number of nitrogens with zero attached hydrogens (tertiary/aromatic N) is 7. The second-order valence-electron chi connectivity index (χ2n) is 22.0. The van der Waals surface area contributed by atoms with Crippen LogP contribution in [0.2, 0.25) is 0 Å². The van der Waals surface area contributed by atoms with E-state index in [1.165, 1.54) is 143 Å². The van der Waals surface area contributed by atoms with Crippen molar-refractivity contribution in [3.63, 3.8) is 0 Å². The standard InChI is InChI=1S/C15H34N.C10H20N2O2.C8H15NO2.C8H15NO.2C6H13N/c1-5-6-7-8-9-10-11-12-13-14-15-16(2,3)4;1-10(2,3)14-9(13)12-7-5-11(4)6-8-12;1-9-5-3-7(4-6-9)8(10)11-2;1-7(10)8-3-5-9(2)6-4-8;2*1-7-5-3-2-4-6-7/h5-15H2,1-4H3;5-8H2,1-4H3;7H,3-6H2,1-2H3;8H,3-6H2,1-2H3;2*2-6H2,1H3/q+1;;;;;. The van der Waals surface area contributed by atoms with Crippen LogP contribution in [-0.2, 0) is 19.1 Å². The Morgan fingerprint density at radius 1 is 0.508 bits per heavy atom. The highest BCUT2D eigenvalue weighted by molar-refractivity contribution is 5.78. The lowest BCUT2D eigenvalue weighted by atomic mass is 9.94. The Kier molecular flexibility index (Phi) is 37.0. The molecule has 12 nitrogen and oxygen atoms in total. The van der Waals surface area contributed by atoms with Gasteiger partial charge in [-0.2, -0.15) is 0 Å². The summed E-state index contributed by atoms with van der Waals surface area (Å²) in [6.45, 7) is 23.9. The Hall–Kier alpha value is -1.83. The van der Waals surface area contributed by atoms with Crippen molar-refractivity contribution in [1.29, 1.82) is 0 Å². The van der Waals surface area contributed by atoms with Crippen molar-refractivity contribution >= 4 is 17.8 Å². The van der Waals surface area contributed by atoms with Crippen molar-refractivity contribution in [3.8, 4) is 0 Å². The third kappa shape index (κ3) is 38.8. The van der Waals surface area contributed by atoms with E-state index in [1.807, 2.05) is 20.8 Å². The topological polar surface area (TPSA) is 89.1 Å². The molecule has 12 heteroatoms. The summed E-state index contributed by atoms with van der Waals surface area (Å²) >= 11 is 0. The van der Waals surface area contributed by atoms with Crippen LogP contribution in [-0.4, -0.2) is 206 Å². The Morgan fingerprint density at radius 2 is 0.862 bits per heavy atom. The van der Waals surface area contributed by atoms with Gasteiger partial charge in [0.25, 0.3) is 0 Å². The largest absolute Gasteiger partial charge is 0.469 e. The molecule has 0 saturated carbocycles. The van der Waals surface area contributed by atoms with Gasteiger partial charge in [-0.25, -0.2) is 4.79 Å². The van der Waals surface area contributed by atoms with E-state index in [0.29, 0.717) is 11.7 Å². The minimum absolute atomic E-state index is 0.0434. The van der Waals surface area contributed by atoms with Crippen molar-refractivity contribution in [2.24, 2.45) is 11.8 Å². The van der Waals surface area contributed by atoms with Gasteiger partial charge in [-0.3, -0.25) is 9.59 Å². The number of quaternary nitrogens is 1. The van der Waals surface area contributed by atoms with Crippen LogP contribution in [0.1, 0.15) is 163 Å². The number of methoxy groups -OCH3 is 1. The van der Waals surface area contributed by atoms with E-state index in [0.717, 1.165) is 82.5 Å². The molecular weight excluding hydrogens is 815 g/mol. The number of likely N-dealkylation sites (tertiary alicyclic amines) is 4. The second kappa shape index (κ2) is 38.1. The van der Waals surface area contributed by atoms with Gasteiger partial charge in [0.15, 0.2) is 0 Å². The molecule has 65 heavy (non-hydrogen) atoms. The quantitative estimate of drug-likeness (QED) is 0.101. The monoisotopic (exact) mass is 925 g/mol. The normalized spacial score (nSPS) is 19.8. The predicted octanol–water partition coefficient (Wildman–Crippen LogP) is 9.41. The summed E-state index contributed by atoms with van der Waals surface area (Å²) in [7, 11) is 18.9. The summed E-state index contributed by atoms with van der Waals surface area (Å²) in [4.78, 5) is 46.8. The maximum absolute atomic E-state index is 11.6. The first-order valence-electron chi connectivity index (χ1n) is 26.5. The fourth-order valence-electron chi connectivity index (χ4n) is 8.32. The van der Waals surface area contributed by atoms with Crippen LogP contribution in [0.3, 0.4) is 0 Å². The number of hydrogen-bond acceptors (Lipinski definition) is 10. The van der Waals surface area contributed by atoms with Crippen molar-refractivity contribution < 1.29 is 28.3 Å². The maximum Gasteiger partial charge on any atom is 0.410 e. The highest BCUT2D eigenvalue weighted by Gasteiger charge is 2.25. The SMILES string of the molecule is CC(=O)C1CCN(C)CC1.CCCCCCCCCCCC[N+](C)(C)C.CN1CCCCC1.CN1CCCCC1.CN1CCN(C(=O)OC(C)(C)C)CC1.COC(=O)C1CCN(C)CC1. The third-order valence-electron chi connectivity index (χ3n) is 13.0. The molecule has 386 valence electrons. The molecule has 0 radical (unpaired) electrons. The zero-order valence-electron chi connectivity index (χ0n) is 45.7. The van der Waals surface area contributed by atoms with Gasteiger partial charge >= 0.3 is 12.1 Å². The molecular formula is C53H110N7O5+. The maximum atomic E-state index is 11.6. The summed E-state index contributed by atoms with van der Waals surface area (Å²) < 4.78 is 11.1. The van der Waals surface area contributed by atoms with E-state index >= 15 is 0 Å². The van der Waals surface area contributed by atoms with E-state index in [2.05, 4.69) is 92.5 Å². The number of rotatable bonds is 13. The molecule has 5 heterocycles. The minimum atomic E-state index is -0.388. The number of ether oxygens (including phenoxy) is 2. The second-order valence-corrected chi connectivity index (χ2v) is 22.0. The average Bonchev–Trinajstić information content (AvgIpc) is 3.25. The van der Waals surface area contributed by atoms with Crippen LogP contribution >= 0.6 is 0 Å². The Morgan fingerprint density at radius 3 is 1.18 bits per heavy atom. The lowest BCUT2D eigenvalue weighted by molar-refractivity contribution is -0.870. The van der Waals surface area contributed by atoms with Gasteiger partial charge in [-0.05, 0) is 179 Å². The number of Topliss-reactive ketones (excluding diaryl/α,β-unsaturated/α-hetero) is 1. The Balaban J connectivity index is 0.000000773. The van der Waals surface area contributed by atoms with Crippen molar-refractivity contribution in [2.45, 2.75) is 169 Å². The van der Waals surface area contributed by atoms with Gasteiger partial charge < -0.3 is 43.4 Å². The first kappa shape index (κ1) is 63.2. The number of piperazine rings is 1. The van der Waals surface area contributed by atoms with Crippen LogP contribution < -0.4 is 0 Å². The fraction of sp³-hybridized carbons (Fsp3) is 0.943. The summed E-state index contributed by atoms with van der Waals surface area (Å²) in [6, 6.07) is 0. The molecule has 5 aliphatic heterocycles. The number of hydrogen-bond donors (Lipinski definition) is 0. The molecule has 1 amide bonds. The number of esters is 1. The molecule has 5 fully saturated rings. The van der Waals surface area contributed by atoms with Crippen LogP contribution in [0, 0.1) is 11.8 Å². The van der Waals surface area contributed by atoms with E-state index in [-0.39, 0.29) is 23.6 Å². The van der Waals surface area contributed by atoms with Gasteiger partial charge in [0.2, 0.25) is 0 Å². The van der Waals surface area contributed by atoms with Crippen LogP contribution in [0.4, 0.5) is 4.79 Å². The number of piperidine rings is 4. The van der Waals surface area contributed by atoms with Crippen LogP contribution in [0.15, 0.2) is 0 Å². The van der Waals surface area contributed by atoms with Gasteiger partial charge in [0, 0.05) is 32.1 Å². The van der Waals surface area contributed by atoms with Crippen molar-refractivity contribution in [1.82, 2.24) is 29.4 Å². The summed E-state index contributed by atoms with van der Waals surface area (Å²) in [5, 5.41) is 0. The molecule has 0 aromatic heterocycles. The zero-order chi connectivity index (χ0) is 49.1. The number of carbonyl (C=O) groups excluding carboxylic acids is 3. The predicted molar refractivity (Wildman–Crippen MR) is 276 cm³/mol. The lowest BCUT2D eigenvalue weighted by Gasteiger charge is -2.33. The van der Waals surface area contributed by atoms with Crippen molar-refractivity contribution in [3.05, 3.63) is 0 Å². The minimum Gasteiger partial charge on any atom is -0.469 e. The molecule has 0 aromatic rings. The number of unbranched alkanes of at least 4 members (excludes halogenated alkanes) is 9. The molecule has 5 rings (SSSR count). The van der Waals surface area contributed by atoms with E-state index in [4.69, 9.17) is 4.74 Å². The highest BCUT2D eigenvalue weighted by Crippen LogP contribution is 2.18. The van der Waals surface area contributed by atoms with Gasteiger partial charge in [-0.15, -0.1) is 0 Å². The molecule has 0 spiro atoms. The van der Waals surface area contributed by atoms with E-state index < -0.39 is 0 Å². The summed E-state index contributed by atoms with van der Waals surface area (Å²) in [5.41, 5.74) is -0.388. The first-order valence-corrected chi connectivity index (χ1v) is 26.5. The van der Waals surface area contributed by atoms with Crippen LogP contribution in [0.25, 0.3) is 0 Å². The fourth-order valence-corrected chi connectivity index (χ4v) is 8.32. The zero-order valence-corrected chi connectivity index (χ0v) is 45.7. The molecule has 0 atom stereocenters. The van der Waals surface area contributed by atoms with Gasteiger partial charge in [0.1, 0.15) is 11.4 Å². The summed E-state index contributed by atoms with van der Waals surface area (Å²) in [6.07, 6.45) is 26.8. The molecule has 0 N–H and O–H groups in total. The molecule has 0 unspecified atom stereocenters. The van der Waals surface area contributed by atoms with Gasteiger partial charge in [0.05, 0.1) is 40.7 Å². The smallest absolute Gasteiger partial charge is 0.410 e. The van der Waals surface area contributed by atoms with Crippen molar-refractivity contribution in [2.75, 3.05) is 149 Å². The van der Waals surface area contributed by atoms with Gasteiger partial charge in [-0.1, -0.05) is 71.1 Å². The summed E-state index contributed by atoms with van der Waals surface area (Å²) in [5.74, 6) is 0.832. The lowest BCUT2D eigenvalue weighted by Crippen LogP contribution is -2.48. The molecule has 0 aromatic carbocycles. The Labute approximate surface area is 403 Å². The average molecular weight is 926 g/mol. The van der Waals surface area contributed by atoms with E-state index in [1.54, 1.807) is 11.8 Å². The Bertz CT molecular complexity index is 1130. The van der Waals surface area contributed by atoms with Crippen LogP contribution in [0.5, 0.6) is 0 Å². The molecule has 0 bridgehead atoms. The number of ketones is 1. The number of amides is 1. The molecule has 0 aliphatic carbocycles. The third-order valence-corrected chi connectivity index (χ3v) is 13.0.